The van der Waals surface area contributed by atoms with E-state index in [1.165, 1.54) is 23.4 Å². The molecule has 3 aromatic rings. The number of imidazole rings is 1. The highest BCUT2D eigenvalue weighted by atomic mass is 32.1. The highest BCUT2D eigenvalue weighted by Crippen LogP contribution is 2.29. The Balaban J connectivity index is 1.10. The normalized spacial score (nSPS) is 18.1. The standard InChI is InChI=1S/C21H26N6OS/c28-20(24-21-23-17-5-1-2-6-18(17)29-21)15-26-11-9-25(10-12-26)13-16-14-27-8-4-3-7-19(27)22-16/h3-4,7-8,14H,1-2,5-6,9-13,15H2,(H,23,24,28). The van der Waals surface area contributed by atoms with Crippen LogP contribution in [0.2, 0.25) is 0 Å². The number of nitrogens with zero attached hydrogens (tertiary/aromatic N) is 5. The fourth-order valence-corrected chi connectivity index (χ4v) is 5.23. The SMILES string of the molecule is O=C(CN1CCN(Cc2cn3ccccc3n2)CC1)Nc1nc2c(s1)CCCC2. The topological polar surface area (TPSA) is 65.8 Å². The van der Waals surface area contributed by atoms with Gasteiger partial charge in [-0.25, -0.2) is 9.97 Å². The van der Waals surface area contributed by atoms with Gasteiger partial charge in [0.05, 0.1) is 17.9 Å². The smallest absolute Gasteiger partial charge is 0.240 e. The van der Waals surface area contributed by atoms with Gasteiger partial charge >= 0.3 is 0 Å². The Bertz CT molecular complexity index is 947. The first-order chi connectivity index (χ1) is 14.2. The first-order valence-corrected chi connectivity index (χ1v) is 11.2. The van der Waals surface area contributed by atoms with Crippen LogP contribution in [0.4, 0.5) is 5.13 Å². The number of pyridine rings is 1. The van der Waals surface area contributed by atoms with E-state index < -0.39 is 0 Å². The van der Waals surface area contributed by atoms with E-state index in [-0.39, 0.29) is 5.91 Å². The maximum absolute atomic E-state index is 12.5. The van der Waals surface area contributed by atoms with E-state index in [2.05, 4.69) is 35.7 Å². The lowest BCUT2D eigenvalue weighted by molar-refractivity contribution is -0.117. The molecule has 1 fully saturated rings. The number of carbonyl (C=O) groups is 1. The van der Waals surface area contributed by atoms with E-state index in [0.29, 0.717) is 6.54 Å². The number of piperazine rings is 1. The molecule has 7 nitrogen and oxygen atoms in total. The second-order valence-electron chi connectivity index (χ2n) is 7.89. The van der Waals surface area contributed by atoms with E-state index >= 15 is 0 Å². The van der Waals surface area contributed by atoms with E-state index in [0.717, 1.165) is 62.0 Å². The summed E-state index contributed by atoms with van der Waals surface area (Å²) in [5.74, 6) is 0.0462. The molecular formula is C21H26N6OS. The van der Waals surface area contributed by atoms with Gasteiger partial charge in [0.2, 0.25) is 5.91 Å². The van der Waals surface area contributed by atoms with Gasteiger partial charge in [-0.1, -0.05) is 6.07 Å². The summed E-state index contributed by atoms with van der Waals surface area (Å²) in [6.45, 7) is 4.99. The molecule has 0 unspecified atom stereocenters. The Morgan fingerprint density at radius 2 is 1.90 bits per heavy atom. The molecule has 4 heterocycles. The zero-order chi connectivity index (χ0) is 19.6. The van der Waals surface area contributed by atoms with Crippen LogP contribution in [0.15, 0.2) is 30.6 Å². The molecule has 1 aliphatic heterocycles. The van der Waals surface area contributed by atoms with Gasteiger partial charge in [0.25, 0.3) is 0 Å². The van der Waals surface area contributed by atoms with Gasteiger partial charge in [0.1, 0.15) is 5.65 Å². The van der Waals surface area contributed by atoms with Gasteiger partial charge in [0, 0.05) is 50.0 Å². The summed E-state index contributed by atoms with van der Waals surface area (Å²) in [7, 11) is 0. The Morgan fingerprint density at radius 1 is 1.07 bits per heavy atom. The average Bonchev–Trinajstić information content (AvgIpc) is 3.31. The van der Waals surface area contributed by atoms with Gasteiger partial charge in [-0.05, 0) is 37.8 Å². The van der Waals surface area contributed by atoms with Crippen LogP contribution in [0, 0.1) is 0 Å². The number of hydrogen-bond donors (Lipinski definition) is 1. The minimum absolute atomic E-state index is 0.0462. The third-order valence-corrected chi connectivity index (χ3v) is 6.80. The maximum Gasteiger partial charge on any atom is 0.240 e. The van der Waals surface area contributed by atoms with Crippen molar-refractivity contribution in [2.45, 2.75) is 32.2 Å². The van der Waals surface area contributed by atoms with Crippen molar-refractivity contribution in [3.05, 3.63) is 46.9 Å². The molecular weight excluding hydrogens is 384 g/mol. The summed E-state index contributed by atoms with van der Waals surface area (Å²) in [4.78, 5) is 27.7. The predicted octanol–water partition coefficient (Wildman–Crippen LogP) is 2.43. The Morgan fingerprint density at radius 3 is 2.72 bits per heavy atom. The number of hydrogen-bond acceptors (Lipinski definition) is 6. The Labute approximate surface area is 174 Å². The van der Waals surface area contributed by atoms with Gasteiger partial charge in [0.15, 0.2) is 5.13 Å². The molecule has 0 bridgehead atoms. The molecule has 1 N–H and O–H groups in total. The molecule has 5 rings (SSSR count). The van der Waals surface area contributed by atoms with Crippen LogP contribution in [0.5, 0.6) is 0 Å². The lowest BCUT2D eigenvalue weighted by Crippen LogP contribution is -2.48. The second-order valence-corrected chi connectivity index (χ2v) is 8.98. The molecule has 1 amide bonds. The fraction of sp³-hybridized carbons (Fsp3) is 0.476. The number of amides is 1. The van der Waals surface area contributed by atoms with Gasteiger partial charge < -0.3 is 9.72 Å². The summed E-state index contributed by atoms with van der Waals surface area (Å²) in [5, 5.41) is 3.78. The quantitative estimate of drug-likeness (QED) is 0.700. The molecule has 0 atom stereocenters. The minimum atomic E-state index is 0.0462. The molecule has 152 valence electrons. The fourth-order valence-electron chi connectivity index (χ4n) is 4.17. The molecule has 1 aliphatic carbocycles. The number of rotatable bonds is 5. The lowest BCUT2D eigenvalue weighted by Gasteiger charge is -2.33. The molecule has 2 aliphatic rings. The molecule has 0 spiro atoms. The molecule has 8 heteroatoms. The van der Waals surface area contributed by atoms with Crippen LogP contribution in [0.1, 0.15) is 29.1 Å². The highest BCUT2D eigenvalue weighted by molar-refractivity contribution is 7.15. The van der Waals surface area contributed by atoms with Crippen molar-refractivity contribution in [1.82, 2.24) is 24.2 Å². The second kappa shape index (κ2) is 8.22. The number of carbonyl (C=O) groups excluding carboxylic acids is 1. The van der Waals surface area contributed by atoms with Crippen molar-refractivity contribution in [3.8, 4) is 0 Å². The van der Waals surface area contributed by atoms with Crippen molar-refractivity contribution in [1.29, 1.82) is 0 Å². The average molecular weight is 411 g/mol. The van der Waals surface area contributed by atoms with Gasteiger partial charge in [-0.2, -0.15) is 0 Å². The summed E-state index contributed by atoms with van der Waals surface area (Å²) >= 11 is 1.65. The monoisotopic (exact) mass is 410 g/mol. The van der Waals surface area contributed by atoms with E-state index in [4.69, 9.17) is 0 Å². The number of anilines is 1. The number of fused-ring (bicyclic) bond motifs is 2. The highest BCUT2D eigenvalue weighted by Gasteiger charge is 2.21. The molecule has 0 saturated carbocycles. The van der Waals surface area contributed by atoms with Crippen molar-refractivity contribution in [2.75, 3.05) is 38.0 Å². The largest absolute Gasteiger partial charge is 0.307 e. The Kier molecular flexibility index (Phi) is 5.30. The van der Waals surface area contributed by atoms with Crippen molar-refractivity contribution in [2.24, 2.45) is 0 Å². The molecule has 3 aromatic heterocycles. The van der Waals surface area contributed by atoms with Crippen LogP contribution < -0.4 is 5.32 Å². The van der Waals surface area contributed by atoms with E-state index in [9.17, 15) is 4.79 Å². The number of aryl methyl sites for hydroxylation is 2. The van der Waals surface area contributed by atoms with Crippen LogP contribution in [-0.4, -0.2) is 62.8 Å². The number of nitrogens with one attached hydrogen (secondary N) is 1. The van der Waals surface area contributed by atoms with Crippen LogP contribution >= 0.6 is 11.3 Å². The van der Waals surface area contributed by atoms with E-state index in [1.54, 1.807) is 11.3 Å². The first kappa shape index (κ1) is 18.7. The molecule has 1 saturated heterocycles. The van der Waals surface area contributed by atoms with Crippen molar-refractivity contribution >= 4 is 28.0 Å². The zero-order valence-electron chi connectivity index (χ0n) is 16.5. The van der Waals surface area contributed by atoms with Crippen LogP contribution in [0.3, 0.4) is 0 Å². The predicted molar refractivity (Wildman–Crippen MR) is 114 cm³/mol. The van der Waals surface area contributed by atoms with Gasteiger partial charge in [-0.3, -0.25) is 14.6 Å². The zero-order valence-corrected chi connectivity index (χ0v) is 17.3. The van der Waals surface area contributed by atoms with Crippen LogP contribution in [0.25, 0.3) is 5.65 Å². The number of thiazole rings is 1. The molecule has 0 aromatic carbocycles. The van der Waals surface area contributed by atoms with Gasteiger partial charge in [-0.15, -0.1) is 11.3 Å². The maximum atomic E-state index is 12.5. The minimum Gasteiger partial charge on any atom is -0.307 e. The summed E-state index contributed by atoms with van der Waals surface area (Å²) in [6.07, 6.45) is 8.74. The summed E-state index contributed by atoms with van der Waals surface area (Å²) < 4.78 is 2.06. The van der Waals surface area contributed by atoms with Crippen LogP contribution in [-0.2, 0) is 24.2 Å². The van der Waals surface area contributed by atoms with Crippen molar-refractivity contribution in [3.63, 3.8) is 0 Å². The summed E-state index contributed by atoms with van der Waals surface area (Å²) in [6, 6.07) is 6.05. The third-order valence-electron chi connectivity index (χ3n) is 5.72. The van der Waals surface area contributed by atoms with Crippen molar-refractivity contribution < 1.29 is 4.79 Å². The summed E-state index contributed by atoms with van der Waals surface area (Å²) in [5.41, 5.74) is 3.27. The van der Waals surface area contributed by atoms with E-state index in [1.807, 2.05) is 24.4 Å². The Hall–Kier alpha value is -2.29. The molecule has 0 radical (unpaired) electrons. The third kappa shape index (κ3) is 4.34. The first-order valence-electron chi connectivity index (χ1n) is 10.4. The lowest BCUT2D eigenvalue weighted by atomic mass is 10.0. The molecule has 29 heavy (non-hydrogen) atoms. The number of aromatic nitrogens is 3.